The molecule has 1 unspecified atom stereocenters. The van der Waals surface area contributed by atoms with Gasteiger partial charge in [0.1, 0.15) is 0 Å². The molecule has 2 heterocycles. The van der Waals surface area contributed by atoms with Gasteiger partial charge in [-0.15, -0.1) is 0 Å². The number of hydrogen-bond acceptors (Lipinski definition) is 4. The van der Waals surface area contributed by atoms with E-state index in [1.54, 1.807) is 18.3 Å². The summed E-state index contributed by atoms with van der Waals surface area (Å²) in [6, 6.07) is 3.25. The fourth-order valence-corrected chi connectivity index (χ4v) is 2.88. The van der Waals surface area contributed by atoms with E-state index < -0.39 is 5.91 Å². The molecule has 1 aromatic rings. The summed E-state index contributed by atoms with van der Waals surface area (Å²) in [6.07, 6.45) is 8.00. The molecule has 0 radical (unpaired) electrons. The molecule has 1 aromatic heterocycles. The zero-order chi connectivity index (χ0) is 18.1. The van der Waals surface area contributed by atoms with Crippen LogP contribution < -0.4 is 10.9 Å². The number of nitrogens with one attached hydrogen (secondary N) is 2. The van der Waals surface area contributed by atoms with Gasteiger partial charge in [-0.05, 0) is 30.9 Å². The van der Waals surface area contributed by atoms with E-state index in [-0.39, 0.29) is 24.2 Å². The Morgan fingerprint density at radius 1 is 1.12 bits per heavy atom. The summed E-state index contributed by atoms with van der Waals surface area (Å²) in [4.78, 5) is 41.8. The minimum atomic E-state index is -0.422. The maximum absolute atomic E-state index is 12.3. The molecule has 0 aliphatic carbocycles. The van der Waals surface area contributed by atoms with Crippen molar-refractivity contribution in [2.75, 3.05) is 13.1 Å². The third kappa shape index (κ3) is 6.52. The molecule has 1 aliphatic heterocycles. The van der Waals surface area contributed by atoms with E-state index in [2.05, 4.69) is 15.8 Å². The normalized spacial score (nSPS) is 15.8. The lowest BCUT2D eigenvalue weighted by atomic mass is 10.0. The molecule has 0 aromatic carbocycles. The van der Waals surface area contributed by atoms with E-state index in [0.29, 0.717) is 12.0 Å². The fourth-order valence-electron chi connectivity index (χ4n) is 2.88. The molecule has 7 heteroatoms. The molecule has 0 spiro atoms. The summed E-state index contributed by atoms with van der Waals surface area (Å²) in [5.74, 6) is -0.698. The van der Waals surface area contributed by atoms with Crippen molar-refractivity contribution in [2.45, 2.75) is 45.4 Å². The van der Waals surface area contributed by atoms with Crippen LogP contribution in [-0.4, -0.2) is 40.7 Å². The zero-order valence-electron chi connectivity index (χ0n) is 14.7. The van der Waals surface area contributed by atoms with Crippen LogP contribution in [0.15, 0.2) is 24.5 Å². The highest BCUT2D eigenvalue weighted by atomic mass is 16.2. The lowest BCUT2D eigenvalue weighted by Gasteiger charge is -2.22. The molecule has 1 saturated heterocycles. The number of hydrogen-bond donors (Lipinski definition) is 2. The highest BCUT2D eigenvalue weighted by Crippen LogP contribution is 2.14. The molecule has 2 rings (SSSR count). The summed E-state index contributed by atoms with van der Waals surface area (Å²) in [5.41, 5.74) is 5.11. The Hall–Kier alpha value is -2.44. The molecular weight excluding hydrogens is 320 g/mol. The van der Waals surface area contributed by atoms with Gasteiger partial charge in [-0.2, -0.15) is 0 Å². The average molecular weight is 346 g/mol. The Morgan fingerprint density at radius 2 is 1.84 bits per heavy atom. The minimum absolute atomic E-state index is 0.0777. The van der Waals surface area contributed by atoms with Crippen LogP contribution in [0.2, 0.25) is 0 Å². The first-order chi connectivity index (χ1) is 12.1. The number of likely N-dealkylation sites (tertiary alicyclic amines) is 1. The van der Waals surface area contributed by atoms with Crippen LogP contribution in [0.1, 0.15) is 55.8 Å². The Labute approximate surface area is 148 Å². The third-order valence-electron chi connectivity index (χ3n) is 4.25. The van der Waals surface area contributed by atoms with Crippen LogP contribution in [0.4, 0.5) is 0 Å². The molecule has 2 N–H and O–H groups in total. The summed E-state index contributed by atoms with van der Waals surface area (Å²) in [5, 5.41) is 0. The molecule has 3 amide bonds. The number of nitrogens with zero attached hydrogens (tertiary/aromatic N) is 2. The zero-order valence-corrected chi connectivity index (χ0v) is 14.7. The van der Waals surface area contributed by atoms with E-state index in [9.17, 15) is 14.4 Å². The first-order valence-corrected chi connectivity index (χ1v) is 8.83. The third-order valence-corrected chi connectivity index (χ3v) is 4.25. The fraction of sp³-hybridized carbons (Fsp3) is 0.556. The second kappa shape index (κ2) is 9.76. The van der Waals surface area contributed by atoms with Crippen molar-refractivity contribution in [3.63, 3.8) is 0 Å². The van der Waals surface area contributed by atoms with Crippen LogP contribution in [0.3, 0.4) is 0 Å². The molecule has 0 bridgehead atoms. The van der Waals surface area contributed by atoms with E-state index in [4.69, 9.17) is 0 Å². The number of carbonyl (C=O) groups excluding carboxylic acids is 3. The van der Waals surface area contributed by atoms with Gasteiger partial charge in [0, 0.05) is 38.3 Å². The maximum atomic E-state index is 12.3. The molecule has 7 nitrogen and oxygen atoms in total. The molecular formula is C18H26N4O3. The molecule has 1 aliphatic rings. The van der Waals surface area contributed by atoms with Gasteiger partial charge in [-0.1, -0.05) is 19.8 Å². The number of carbonyl (C=O) groups is 3. The van der Waals surface area contributed by atoms with E-state index in [1.165, 1.54) is 19.0 Å². The predicted molar refractivity (Wildman–Crippen MR) is 93.3 cm³/mol. The van der Waals surface area contributed by atoms with Crippen molar-refractivity contribution >= 4 is 17.7 Å². The Kier molecular flexibility index (Phi) is 7.37. The van der Waals surface area contributed by atoms with Crippen LogP contribution in [0, 0.1) is 5.92 Å². The second-order valence-corrected chi connectivity index (χ2v) is 6.55. The van der Waals surface area contributed by atoms with Crippen LogP contribution in [0.25, 0.3) is 0 Å². The minimum Gasteiger partial charge on any atom is -0.343 e. The van der Waals surface area contributed by atoms with Gasteiger partial charge in [0.2, 0.25) is 11.8 Å². The Morgan fingerprint density at radius 3 is 2.48 bits per heavy atom. The van der Waals surface area contributed by atoms with Crippen molar-refractivity contribution in [2.24, 2.45) is 5.92 Å². The van der Waals surface area contributed by atoms with Crippen LogP contribution in [0.5, 0.6) is 0 Å². The maximum Gasteiger partial charge on any atom is 0.271 e. The van der Waals surface area contributed by atoms with Gasteiger partial charge in [0.05, 0.1) is 5.56 Å². The first-order valence-electron chi connectivity index (χ1n) is 8.83. The number of hydrazine groups is 1. The lowest BCUT2D eigenvalue weighted by Crippen LogP contribution is -2.42. The van der Waals surface area contributed by atoms with Crippen molar-refractivity contribution in [1.82, 2.24) is 20.7 Å². The molecule has 0 saturated carbocycles. The molecule has 1 atom stereocenters. The summed E-state index contributed by atoms with van der Waals surface area (Å²) < 4.78 is 0. The largest absolute Gasteiger partial charge is 0.343 e. The van der Waals surface area contributed by atoms with Gasteiger partial charge in [-0.3, -0.25) is 30.2 Å². The van der Waals surface area contributed by atoms with E-state index >= 15 is 0 Å². The van der Waals surface area contributed by atoms with Gasteiger partial charge >= 0.3 is 0 Å². The molecule has 136 valence electrons. The van der Waals surface area contributed by atoms with Crippen molar-refractivity contribution in [3.05, 3.63) is 30.1 Å². The highest BCUT2D eigenvalue weighted by Gasteiger charge is 2.19. The molecule has 25 heavy (non-hydrogen) atoms. The smallest absolute Gasteiger partial charge is 0.271 e. The first kappa shape index (κ1) is 18.9. The molecule has 1 fully saturated rings. The van der Waals surface area contributed by atoms with Gasteiger partial charge in [0.25, 0.3) is 5.91 Å². The quantitative estimate of drug-likeness (QED) is 0.793. The van der Waals surface area contributed by atoms with Gasteiger partial charge < -0.3 is 4.90 Å². The van der Waals surface area contributed by atoms with Gasteiger partial charge in [-0.25, -0.2) is 0 Å². The second-order valence-electron chi connectivity index (χ2n) is 6.55. The van der Waals surface area contributed by atoms with Crippen molar-refractivity contribution in [1.29, 1.82) is 0 Å². The highest BCUT2D eigenvalue weighted by molar-refractivity contribution is 5.95. The van der Waals surface area contributed by atoms with E-state index in [0.717, 1.165) is 25.9 Å². The standard InChI is InChI=1S/C18H26N4O3/c1-14(12-17(24)22-9-4-2-3-5-10-22)11-16(23)20-21-18(25)15-7-6-8-19-13-15/h6-8,13-14H,2-5,9-12H2,1H3,(H,20,23)(H,21,25). The van der Waals surface area contributed by atoms with Crippen molar-refractivity contribution < 1.29 is 14.4 Å². The lowest BCUT2D eigenvalue weighted by molar-refractivity contribution is -0.132. The summed E-state index contributed by atoms with van der Waals surface area (Å²) >= 11 is 0. The summed E-state index contributed by atoms with van der Waals surface area (Å²) in [7, 11) is 0. The Balaban J connectivity index is 1.70. The van der Waals surface area contributed by atoms with E-state index in [1.807, 2.05) is 11.8 Å². The topological polar surface area (TPSA) is 91.4 Å². The Bertz CT molecular complexity index is 583. The van der Waals surface area contributed by atoms with Gasteiger partial charge in [0.15, 0.2) is 0 Å². The SMILES string of the molecule is CC(CC(=O)NNC(=O)c1cccnc1)CC(=O)N1CCCCCC1. The monoisotopic (exact) mass is 346 g/mol. The summed E-state index contributed by atoms with van der Waals surface area (Å²) in [6.45, 7) is 3.51. The number of amides is 3. The predicted octanol–water partition coefficient (Wildman–Crippen LogP) is 1.66. The van der Waals surface area contributed by atoms with Crippen LogP contribution in [-0.2, 0) is 9.59 Å². The average Bonchev–Trinajstić information content (AvgIpc) is 2.89. The number of aromatic nitrogens is 1. The number of rotatable bonds is 5. The van der Waals surface area contributed by atoms with Crippen molar-refractivity contribution in [3.8, 4) is 0 Å². The number of pyridine rings is 1. The van der Waals surface area contributed by atoms with Crippen LogP contribution >= 0.6 is 0 Å².